The zero-order valence-corrected chi connectivity index (χ0v) is 38.7. The average molecular weight is 818 g/mol. The minimum atomic E-state index is -0.268. The quantitative estimate of drug-likeness (QED) is 0.158. The number of nitrogens with zero attached hydrogens (tertiary/aromatic N) is 3. The van der Waals surface area contributed by atoms with Gasteiger partial charge in [0, 0.05) is 66.3 Å². The SMILES string of the molecule is CC(C)(C)c1ccc(N2C3=C(B4c5c(cc(C(C)(C)C)cc52)-c2c5c(cc6c7ccccc7n(-c7ccccc7)c26)c2cc(C(C)(C)C)ccc2n54)c2ccccc2C3(C)C)cc1. The van der Waals surface area contributed by atoms with E-state index in [0.717, 1.165) is 0 Å². The van der Waals surface area contributed by atoms with Crippen molar-refractivity contribution in [3.05, 3.63) is 173 Å². The topological polar surface area (TPSA) is 13.1 Å². The fourth-order valence-corrected chi connectivity index (χ4v) is 11.7. The van der Waals surface area contributed by atoms with Crippen LogP contribution in [0.25, 0.3) is 65.9 Å². The van der Waals surface area contributed by atoms with Crippen LogP contribution in [0.5, 0.6) is 0 Å². The molecule has 12 rings (SSSR count). The molecule has 4 heterocycles. The van der Waals surface area contributed by atoms with Gasteiger partial charge in [-0.1, -0.05) is 161 Å². The molecule has 2 aromatic heterocycles. The first-order valence-electron chi connectivity index (χ1n) is 23.0. The molecule has 0 fully saturated rings. The van der Waals surface area contributed by atoms with Crippen LogP contribution >= 0.6 is 0 Å². The Morgan fingerprint density at radius 1 is 0.476 bits per heavy atom. The van der Waals surface area contributed by atoms with E-state index in [2.05, 4.69) is 230 Å². The van der Waals surface area contributed by atoms with Crippen LogP contribution < -0.4 is 10.4 Å². The Labute approximate surface area is 372 Å². The molecule has 7 aromatic carbocycles. The van der Waals surface area contributed by atoms with Gasteiger partial charge >= 0.3 is 6.85 Å². The van der Waals surface area contributed by atoms with Gasteiger partial charge in [0.15, 0.2) is 0 Å². The second kappa shape index (κ2) is 12.5. The molecule has 0 atom stereocenters. The molecule has 0 N–H and O–H groups in total. The Morgan fingerprint density at radius 3 is 1.83 bits per heavy atom. The zero-order valence-electron chi connectivity index (χ0n) is 38.7. The summed E-state index contributed by atoms with van der Waals surface area (Å²) in [6.07, 6.45) is 0. The van der Waals surface area contributed by atoms with E-state index in [4.69, 9.17) is 0 Å². The predicted octanol–water partition coefficient (Wildman–Crippen LogP) is 14.9. The van der Waals surface area contributed by atoms with Gasteiger partial charge in [0.1, 0.15) is 0 Å². The van der Waals surface area contributed by atoms with Gasteiger partial charge in [-0.3, -0.25) is 0 Å². The maximum Gasteiger partial charge on any atom is 0.333 e. The Hall–Kier alpha value is -6.26. The van der Waals surface area contributed by atoms with Gasteiger partial charge in [-0.2, -0.15) is 0 Å². The van der Waals surface area contributed by atoms with E-state index in [1.165, 1.54) is 116 Å². The van der Waals surface area contributed by atoms with Crippen LogP contribution in [0.4, 0.5) is 11.4 Å². The van der Waals surface area contributed by atoms with Gasteiger partial charge in [-0.15, -0.1) is 0 Å². The number of para-hydroxylation sites is 2. The maximum absolute atomic E-state index is 2.79. The summed E-state index contributed by atoms with van der Waals surface area (Å²) in [4.78, 5) is 2.69. The summed E-state index contributed by atoms with van der Waals surface area (Å²) in [6.45, 7) is 26.0. The number of aromatic nitrogens is 2. The molecular weight excluding hydrogens is 761 g/mol. The first-order valence-corrected chi connectivity index (χ1v) is 23.0. The van der Waals surface area contributed by atoms with E-state index >= 15 is 0 Å². The van der Waals surface area contributed by atoms with E-state index in [9.17, 15) is 0 Å². The number of rotatable bonds is 2. The smallest absolute Gasteiger partial charge is 0.333 e. The van der Waals surface area contributed by atoms with Crippen LogP contribution in [-0.2, 0) is 21.7 Å². The monoisotopic (exact) mass is 817 g/mol. The standard InChI is InChI=1S/C59H56BN3/c1-56(2,3)35-25-28-39(29-26-35)62-49-33-37(58(7,8)9)32-45-50-53-43(40-21-16-18-24-47(40)61(53)38-19-13-12-14-20-38)34-44-42-31-36(57(4,5)6)27-30-48(42)63(54(44)50)60(51(45)49)52-41-22-15-17-23-46(41)59(10,11)55(52)62/h12-34H,1-11H3. The first kappa shape index (κ1) is 38.4. The predicted molar refractivity (Wildman–Crippen MR) is 271 cm³/mol. The molecule has 0 saturated heterocycles. The number of benzene rings is 7. The highest BCUT2D eigenvalue weighted by Gasteiger charge is 2.53. The number of hydrogen-bond acceptors (Lipinski definition) is 1. The van der Waals surface area contributed by atoms with Gasteiger partial charge in [-0.25, -0.2) is 0 Å². The molecule has 310 valence electrons. The highest BCUT2D eigenvalue weighted by atomic mass is 15.2. The summed E-state index contributed by atoms with van der Waals surface area (Å²) in [5.74, 6) is 0. The van der Waals surface area contributed by atoms with Crippen molar-refractivity contribution in [2.75, 3.05) is 4.90 Å². The summed E-state index contributed by atoms with van der Waals surface area (Å²) in [5, 5.41) is 5.23. The molecule has 9 aromatic rings. The lowest BCUT2D eigenvalue weighted by Crippen LogP contribution is -2.50. The summed E-state index contributed by atoms with van der Waals surface area (Å²) in [6, 6.07) is 54.0. The van der Waals surface area contributed by atoms with Crippen LogP contribution in [0.15, 0.2) is 145 Å². The lowest BCUT2D eigenvalue weighted by Gasteiger charge is -2.44. The van der Waals surface area contributed by atoms with E-state index in [-0.39, 0.29) is 28.5 Å². The molecule has 3 nitrogen and oxygen atoms in total. The number of hydrogen-bond donors (Lipinski definition) is 0. The van der Waals surface area contributed by atoms with Gasteiger partial charge in [0.25, 0.3) is 0 Å². The van der Waals surface area contributed by atoms with Crippen molar-refractivity contribution in [3.63, 3.8) is 0 Å². The molecular formula is C59H56BN3. The van der Waals surface area contributed by atoms with Crippen LogP contribution in [0.3, 0.4) is 0 Å². The Kier molecular flexibility index (Phi) is 7.61. The van der Waals surface area contributed by atoms with Gasteiger partial charge in [0.05, 0.1) is 11.0 Å². The lowest BCUT2D eigenvalue weighted by atomic mass is 9.43. The normalized spacial score (nSPS) is 15.5. The van der Waals surface area contributed by atoms with Crippen molar-refractivity contribution in [2.24, 2.45) is 0 Å². The van der Waals surface area contributed by atoms with Crippen molar-refractivity contribution in [2.45, 2.75) is 97.8 Å². The van der Waals surface area contributed by atoms with Crippen molar-refractivity contribution < 1.29 is 0 Å². The van der Waals surface area contributed by atoms with E-state index < -0.39 is 0 Å². The second-order valence-electron chi connectivity index (χ2n) is 22.3. The van der Waals surface area contributed by atoms with Gasteiger partial charge < -0.3 is 13.9 Å². The Balaban J connectivity index is 1.34. The van der Waals surface area contributed by atoms with Crippen molar-refractivity contribution in [3.8, 4) is 16.8 Å². The first-order chi connectivity index (χ1) is 29.9. The average Bonchev–Trinajstić information content (AvgIpc) is 3.84. The molecule has 3 aliphatic rings. The third kappa shape index (κ3) is 5.15. The Morgan fingerprint density at radius 2 is 1.11 bits per heavy atom. The van der Waals surface area contributed by atoms with Crippen molar-refractivity contribution in [1.29, 1.82) is 0 Å². The number of anilines is 2. The third-order valence-corrected chi connectivity index (χ3v) is 14.9. The van der Waals surface area contributed by atoms with Crippen LogP contribution in [0, 0.1) is 0 Å². The molecule has 0 radical (unpaired) electrons. The van der Waals surface area contributed by atoms with Crippen LogP contribution in [0.2, 0.25) is 0 Å². The molecule has 0 unspecified atom stereocenters. The van der Waals surface area contributed by atoms with Crippen LogP contribution in [0.1, 0.15) is 104 Å². The lowest BCUT2D eigenvalue weighted by molar-refractivity contribution is 0.589. The van der Waals surface area contributed by atoms with Crippen molar-refractivity contribution in [1.82, 2.24) is 9.05 Å². The molecule has 0 spiro atoms. The maximum atomic E-state index is 2.79. The largest absolute Gasteiger partial charge is 0.375 e. The van der Waals surface area contributed by atoms with Crippen LogP contribution in [-0.4, -0.2) is 15.9 Å². The minimum Gasteiger partial charge on any atom is -0.375 e. The number of allylic oxidation sites excluding steroid dienone is 1. The zero-order chi connectivity index (χ0) is 43.7. The molecule has 0 saturated carbocycles. The molecule has 4 heteroatoms. The summed E-state index contributed by atoms with van der Waals surface area (Å²) in [5.41, 5.74) is 22.1. The second-order valence-corrected chi connectivity index (χ2v) is 22.3. The molecule has 0 bridgehead atoms. The molecule has 63 heavy (non-hydrogen) atoms. The third-order valence-electron chi connectivity index (χ3n) is 14.9. The van der Waals surface area contributed by atoms with E-state index in [0.29, 0.717) is 0 Å². The van der Waals surface area contributed by atoms with Crippen molar-refractivity contribution >= 4 is 72.8 Å². The van der Waals surface area contributed by atoms with E-state index in [1.807, 2.05) is 0 Å². The number of fused-ring (bicyclic) bond motifs is 12. The summed E-state index contributed by atoms with van der Waals surface area (Å²) >= 11 is 0. The highest BCUT2D eigenvalue weighted by Crippen LogP contribution is 2.58. The summed E-state index contributed by atoms with van der Waals surface area (Å²) < 4.78 is 5.35. The van der Waals surface area contributed by atoms with Gasteiger partial charge in [0.2, 0.25) is 0 Å². The Bertz CT molecular complexity index is 3460. The highest BCUT2D eigenvalue weighted by molar-refractivity contribution is 6.93. The fraction of sp³-hybridized carbons (Fsp3) is 0.254. The fourth-order valence-electron chi connectivity index (χ4n) is 11.7. The minimum absolute atomic E-state index is 0.00516. The molecule has 2 aliphatic heterocycles. The van der Waals surface area contributed by atoms with E-state index in [1.54, 1.807) is 0 Å². The van der Waals surface area contributed by atoms with Gasteiger partial charge in [-0.05, 0) is 115 Å². The summed E-state index contributed by atoms with van der Waals surface area (Å²) in [7, 11) is 0. The molecule has 1 aliphatic carbocycles. The molecule has 0 amide bonds.